The molecule has 1 amide bonds. The summed E-state index contributed by atoms with van der Waals surface area (Å²) in [7, 11) is -1.94. The number of amides is 1. The van der Waals surface area contributed by atoms with Crippen molar-refractivity contribution in [2.75, 3.05) is 13.1 Å². The van der Waals surface area contributed by atoms with Crippen LogP contribution in [0.1, 0.15) is 17.5 Å². The van der Waals surface area contributed by atoms with Gasteiger partial charge in [0.2, 0.25) is 20.9 Å². The molecule has 2 heterocycles. The van der Waals surface area contributed by atoms with Crippen LogP contribution in [-0.2, 0) is 28.1 Å². The second kappa shape index (κ2) is 6.35. The lowest BCUT2D eigenvalue weighted by Crippen LogP contribution is -2.57. The number of hydrogen-bond donors (Lipinski definition) is 0. The molecule has 1 fully saturated rings. The Morgan fingerprint density at radius 2 is 2.00 bits per heavy atom. The minimum Gasteiger partial charge on any atom is -0.340 e. The third-order valence-corrected chi connectivity index (χ3v) is 6.49. The van der Waals surface area contributed by atoms with Crippen LogP contribution in [0.5, 0.6) is 0 Å². The fraction of sp³-hybridized carbons (Fsp3) is 0.438. The summed E-state index contributed by atoms with van der Waals surface area (Å²) in [5.74, 6) is -0.0114. The van der Waals surface area contributed by atoms with Gasteiger partial charge in [0, 0.05) is 26.6 Å². The number of rotatable bonds is 5. The number of hydrogen-bond acceptors (Lipinski definition) is 5. The molecule has 24 heavy (non-hydrogen) atoms. The van der Waals surface area contributed by atoms with Crippen LogP contribution in [0.25, 0.3) is 0 Å². The van der Waals surface area contributed by atoms with Crippen molar-refractivity contribution in [2.24, 2.45) is 7.05 Å². The van der Waals surface area contributed by atoms with Crippen molar-refractivity contribution in [3.8, 4) is 0 Å². The number of carbonyl (C=O) groups is 1. The lowest BCUT2D eigenvalue weighted by molar-refractivity contribution is -0.134. The zero-order valence-corrected chi connectivity index (χ0v) is 14.5. The normalized spacial score (nSPS) is 15.3. The summed E-state index contributed by atoms with van der Waals surface area (Å²) >= 11 is 0. The van der Waals surface area contributed by atoms with E-state index in [1.54, 1.807) is 11.9 Å². The molecule has 0 aliphatic carbocycles. The van der Waals surface area contributed by atoms with Crippen LogP contribution in [0.15, 0.2) is 35.7 Å². The summed E-state index contributed by atoms with van der Waals surface area (Å²) in [4.78, 5) is 13.8. The Morgan fingerprint density at radius 3 is 2.62 bits per heavy atom. The molecule has 0 saturated carbocycles. The van der Waals surface area contributed by atoms with Gasteiger partial charge >= 0.3 is 0 Å². The summed E-state index contributed by atoms with van der Waals surface area (Å²) in [6.07, 6.45) is 2.42. The Morgan fingerprint density at radius 1 is 1.29 bits per heavy atom. The third-order valence-electron chi connectivity index (χ3n) is 4.43. The Bertz CT molecular complexity index is 854. The van der Waals surface area contributed by atoms with Crippen molar-refractivity contribution in [1.29, 1.82) is 0 Å². The molecule has 7 nitrogen and oxygen atoms in total. The van der Waals surface area contributed by atoms with Crippen LogP contribution in [0, 0.1) is 6.92 Å². The first kappa shape index (κ1) is 16.6. The molecular weight excluding hydrogens is 328 g/mol. The van der Waals surface area contributed by atoms with Crippen LogP contribution >= 0.6 is 0 Å². The minimum absolute atomic E-state index is 0.0114. The van der Waals surface area contributed by atoms with E-state index in [-0.39, 0.29) is 24.2 Å². The van der Waals surface area contributed by atoms with Gasteiger partial charge < -0.3 is 9.47 Å². The highest BCUT2D eigenvalue weighted by molar-refractivity contribution is 7.92. The number of benzene rings is 1. The lowest BCUT2D eigenvalue weighted by atomic mass is 10.0. The van der Waals surface area contributed by atoms with Crippen LogP contribution in [0.3, 0.4) is 0 Å². The maximum Gasteiger partial charge on any atom is 0.249 e. The molecule has 1 aliphatic heterocycles. The number of aryl methyl sites for hydroxylation is 3. The van der Waals surface area contributed by atoms with Gasteiger partial charge in [-0.05, 0) is 24.5 Å². The smallest absolute Gasteiger partial charge is 0.249 e. The number of likely N-dealkylation sites (tertiary alicyclic amines) is 1. The van der Waals surface area contributed by atoms with Crippen LogP contribution in [0.2, 0.25) is 0 Å². The van der Waals surface area contributed by atoms with E-state index in [2.05, 4.69) is 10.2 Å². The van der Waals surface area contributed by atoms with Gasteiger partial charge in [0.15, 0.2) is 0 Å². The molecular formula is C16H20N4O3S. The van der Waals surface area contributed by atoms with E-state index in [0.717, 1.165) is 11.1 Å². The van der Waals surface area contributed by atoms with Crippen LogP contribution in [-0.4, -0.2) is 52.3 Å². The fourth-order valence-corrected chi connectivity index (χ4v) is 4.47. The summed E-state index contributed by atoms with van der Waals surface area (Å²) in [5, 5.41) is 6.64. The maximum atomic E-state index is 12.4. The Labute approximate surface area is 141 Å². The summed E-state index contributed by atoms with van der Waals surface area (Å²) in [6, 6.07) is 7.96. The molecule has 1 saturated heterocycles. The molecule has 0 N–H and O–H groups in total. The molecule has 1 aromatic heterocycles. The predicted octanol–water partition coefficient (Wildman–Crippen LogP) is 0.741. The summed E-state index contributed by atoms with van der Waals surface area (Å²) in [6.45, 7) is 2.47. The molecule has 1 aliphatic rings. The van der Waals surface area contributed by atoms with Crippen molar-refractivity contribution in [1.82, 2.24) is 19.7 Å². The van der Waals surface area contributed by atoms with E-state index < -0.39 is 15.1 Å². The Hall–Kier alpha value is -2.22. The van der Waals surface area contributed by atoms with E-state index in [0.29, 0.717) is 12.8 Å². The van der Waals surface area contributed by atoms with Gasteiger partial charge in [-0.3, -0.25) is 4.79 Å². The van der Waals surface area contributed by atoms with E-state index in [1.165, 1.54) is 10.9 Å². The van der Waals surface area contributed by atoms with Crippen molar-refractivity contribution >= 4 is 15.7 Å². The highest BCUT2D eigenvalue weighted by atomic mass is 32.2. The molecule has 3 rings (SSSR count). The minimum atomic E-state index is -3.53. The molecule has 8 heteroatoms. The predicted molar refractivity (Wildman–Crippen MR) is 88.1 cm³/mol. The van der Waals surface area contributed by atoms with Gasteiger partial charge in [0.25, 0.3) is 0 Å². The summed E-state index contributed by atoms with van der Waals surface area (Å²) in [5.41, 5.74) is 2.31. The maximum absolute atomic E-state index is 12.4. The molecule has 128 valence electrons. The molecule has 0 atom stereocenters. The van der Waals surface area contributed by atoms with Crippen molar-refractivity contribution < 1.29 is 13.2 Å². The van der Waals surface area contributed by atoms with Crippen molar-refractivity contribution in [3.05, 3.63) is 41.7 Å². The third kappa shape index (κ3) is 3.06. The van der Waals surface area contributed by atoms with Gasteiger partial charge in [-0.25, -0.2) is 8.42 Å². The molecule has 2 aromatic rings. The molecule has 0 unspecified atom stereocenters. The van der Waals surface area contributed by atoms with E-state index in [1.807, 2.05) is 31.2 Å². The molecule has 0 radical (unpaired) electrons. The lowest BCUT2D eigenvalue weighted by Gasteiger charge is -2.38. The average Bonchev–Trinajstić information content (AvgIpc) is 2.91. The zero-order chi connectivity index (χ0) is 17.3. The quantitative estimate of drug-likeness (QED) is 0.796. The number of sulfone groups is 1. The Kier molecular flexibility index (Phi) is 4.40. The molecule has 0 spiro atoms. The highest BCUT2D eigenvalue weighted by Crippen LogP contribution is 2.23. The molecule has 0 bridgehead atoms. The largest absolute Gasteiger partial charge is 0.340 e. The van der Waals surface area contributed by atoms with E-state index in [9.17, 15) is 13.2 Å². The average molecular weight is 348 g/mol. The van der Waals surface area contributed by atoms with Gasteiger partial charge in [0.05, 0.1) is 0 Å². The van der Waals surface area contributed by atoms with E-state index >= 15 is 0 Å². The van der Waals surface area contributed by atoms with E-state index in [4.69, 9.17) is 0 Å². The fourth-order valence-electron chi connectivity index (χ4n) is 2.81. The monoisotopic (exact) mass is 348 g/mol. The second-order valence-corrected chi connectivity index (χ2v) is 8.24. The number of nitrogens with zero attached hydrogens (tertiary/aromatic N) is 4. The van der Waals surface area contributed by atoms with Gasteiger partial charge in [-0.1, -0.05) is 24.3 Å². The molecule has 1 aromatic carbocycles. The van der Waals surface area contributed by atoms with Crippen molar-refractivity contribution in [2.45, 2.75) is 30.2 Å². The first-order valence-electron chi connectivity index (χ1n) is 7.80. The van der Waals surface area contributed by atoms with Crippen molar-refractivity contribution in [3.63, 3.8) is 0 Å². The first-order chi connectivity index (χ1) is 11.4. The van der Waals surface area contributed by atoms with Gasteiger partial charge in [-0.2, -0.15) is 0 Å². The zero-order valence-electron chi connectivity index (χ0n) is 13.7. The van der Waals surface area contributed by atoms with Gasteiger partial charge in [0.1, 0.15) is 11.6 Å². The van der Waals surface area contributed by atoms with Crippen LogP contribution < -0.4 is 0 Å². The number of carbonyl (C=O) groups excluding carboxylic acids is 1. The SMILES string of the molecule is Cc1ccccc1CCC(=O)N1CC(S(=O)(=O)c2nncn2C)C1. The summed E-state index contributed by atoms with van der Waals surface area (Å²) < 4.78 is 26.2. The van der Waals surface area contributed by atoms with Gasteiger partial charge in [-0.15, -0.1) is 10.2 Å². The van der Waals surface area contributed by atoms with Crippen LogP contribution in [0.4, 0.5) is 0 Å². The standard InChI is InChI=1S/C16H20N4O3S/c1-12-5-3-4-6-13(12)7-8-15(21)20-9-14(10-20)24(22,23)16-18-17-11-19(16)2/h3-6,11,14H,7-10H2,1-2H3. The second-order valence-electron chi connectivity index (χ2n) is 6.12. The topological polar surface area (TPSA) is 85.2 Å². The first-order valence-corrected chi connectivity index (χ1v) is 9.34. The Balaban J connectivity index is 1.56. The number of aromatic nitrogens is 3. The highest BCUT2D eigenvalue weighted by Gasteiger charge is 2.42.